The van der Waals surface area contributed by atoms with Crippen LogP contribution in [0.25, 0.3) is 21.8 Å². The normalized spacial score (nSPS) is 11.1. The third-order valence-electron chi connectivity index (χ3n) is 4.59. The molecule has 4 rings (SSSR count). The molecule has 4 aromatic rings. The zero-order valence-corrected chi connectivity index (χ0v) is 16.9. The number of aromatic amines is 1. The monoisotopic (exact) mass is 425 g/mol. The zero-order chi connectivity index (χ0) is 22.0. The number of aromatic nitrogens is 3. The fraction of sp³-hybridized carbons (Fsp3) is 0.227. The van der Waals surface area contributed by atoms with E-state index in [9.17, 15) is 14.3 Å². The molecule has 0 aliphatic rings. The molecule has 0 aliphatic heterocycles. The van der Waals surface area contributed by atoms with Crippen LogP contribution in [-0.2, 0) is 9.53 Å². The van der Waals surface area contributed by atoms with Gasteiger partial charge >= 0.3 is 5.97 Å². The Balaban J connectivity index is 1.64. The largest absolute Gasteiger partial charge is 0.504 e. The number of benzene rings is 2. The first-order chi connectivity index (χ1) is 15.0. The number of ether oxygens (including phenoxy) is 3. The summed E-state index contributed by atoms with van der Waals surface area (Å²) in [4.78, 5) is 22.8. The second-order valence-corrected chi connectivity index (χ2v) is 6.81. The number of halogens is 1. The molecule has 2 N–H and O–H groups in total. The fourth-order valence-corrected chi connectivity index (χ4v) is 3.19. The van der Waals surface area contributed by atoms with Crippen molar-refractivity contribution < 1.29 is 28.5 Å². The van der Waals surface area contributed by atoms with Gasteiger partial charge in [0.2, 0.25) is 5.88 Å². The summed E-state index contributed by atoms with van der Waals surface area (Å²) in [5.74, 6) is -0.848. The Kier molecular flexibility index (Phi) is 5.57. The highest BCUT2D eigenvalue weighted by atomic mass is 19.1. The summed E-state index contributed by atoms with van der Waals surface area (Å²) >= 11 is 0. The van der Waals surface area contributed by atoms with E-state index in [4.69, 9.17) is 14.2 Å². The summed E-state index contributed by atoms with van der Waals surface area (Å²) in [5, 5.41) is 11.0. The first kappa shape index (κ1) is 20.4. The van der Waals surface area contributed by atoms with Crippen LogP contribution >= 0.6 is 0 Å². The van der Waals surface area contributed by atoms with Crippen molar-refractivity contribution in [1.29, 1.82) is 0 Å². The number of rotatable bonds is 7. The molecule has 2 heterocycles. The van der Waals surface area contributed by atoms with Crippen LogP contribution in [0, 0.1) is 12.7 Å². The minimum absolute atomic E-state index is 0.00403. The summed E-state index contributed by atoms with van der Waals surface area (Å²) in [5.41, 5.74) is 1.88. The van der Waals surface area contributed by atoms with Gasteiger partial charge in [-0.2, -0.15) is 0 Å². The van der Waals surface area contributed by atoms with E-state index in [1.807, 2.05) is 6.92 Å². The van der Waals surface area contributed by atoms with Crippen molar-refractivity contribution in [2.24, 2.45) is 0 Å². The lowest BCUT2D eigenvalue weighted by atomic mass is 10.2. The predicted molar refractivity (Wildman–Crippen MR) is 111 cm³/mol. The van der Waals surface area contributed by atoms with Crippen molar-refractivity contribution in [2.75, 3.05) is 13.2 Å². The van der Waals surface area contributed by atoms with Crippen LogP contribution in [0.4, 0.5) is 4.39 Å². The van der Waals surface area contributed by atoms with Crippen LogP contribution in [0.1, 0.15) is 19.0 Å². The fourth-order valence-electron chi connectivity index (χ4n) is 3.19. The van der Waals surface area contributed by atoms with Gasteiger partial charge in [0.25, 0.3) is 0 Å². The number of phenols is 1. The van der Waals surface area contributed by atoms with Gasteiger partial charge in [-0.05, 0) is 38.1 Å². The van der Waals surface area contributed by atoms with Crippen molar-refractivity contribution in [2.45, 2.75) is 20.3 Å². The van der Waals surface area contributed by atoms with Gasteiger partial charge < -0.3 is 24.3 Å². The molecule has 0 saturated carbocycles. The van der Waals surface area contributed by atoms with Gasteiger partial charge in [-0.25, -0.2) is 14.4 Å². The Morgan fingerprint density at radius 2 is 2.00 bits per heavy atom. The van der Waals surface area contributed by atoms with E-state index in [1.54, 1.807) is 19.1 Å². The Bertz CT molecular complexity index is 1270. The van der Waals surface area contributed by atoms with Gasteiger partial charge in [0.1, 0.15) is 6.33 Å². The molecule has 0 saturated heterocycles. The van der Waals surface area contributed by atoms with E-state index in [0.29, 0.717) is 21.8 Å². The third kappa shape index (κ3) is 4.20. The Morgan fingerprint density at radius 3 is 2.81 bits per heavy atom. The number of hydrogen-bond acceptors (Lipinski definition) is 7. The molecule has 0 bridgehead atoms. The van der Waals surface area contributed by atoms with Crippen LogP contribution in [0.3, 0.4) is 0 Å². The minimum atomic E-state index is -0.515. The van der Waals surface area contributed by atoms with Crippen LogP contribution in [0.5, 0.6) is 23.1 Å². The standard InChI is InChI=1S/C22H20FN3O5/c1-3-29-20(28)6-7-30-19-9-14-16(10-17(19)27)24-11-25-22(14)31-18-5-4-15-13(21(18)23)8-12(2)26-15/h4-5,8-11,26-27H,3,6-7H2,1-2H3. The second kappa shape index (κ2) is 8.47. The number of esters is 1. The number of phenolic OH excluding ortho intramolecular Hbond substituents is 1. The van der Waals surface area contributed by atoms with E-state index in [2.05, 4.69) is 15.0 Å². The highest BCUT2D eigenvalue weighted by Gasteiger charge is 2.16. The topological polar surface area (TPSA) is 107 Å². The molecular weight excluding hydrogens is 405 g/mol. The maximum absolute atomic E-state index is 14.9. The smallest absolute Gasteiger partial charge is 0.309 e. The highest BCUT2D eigenvalue weighted by Crippen LogP contribution is 2.37. The lowest BCUT2D eigenvalue weighted by Gasteiger charge is -2.12. The molecular formula is C22H20FN3O5. The summed E-state index contributed by atoms with van der Waals surface area (Å²) < 4.78 is 31.0. The predicted octanol–water partition coefficient (Wildman–Crippen LogP) is 4.39. The molecule has 2 aromatic heterocycles. The van der Waals surface area contributed by atoms with Crippen LogP contribution < -0.4 is 9.47 Å². The van der Waals surface area contributed by atoms with E-state index in [1.165, 1.54) is 24.5 Å². The minimum Gasteiger partial charge on any atom is -0.504 e. The van der Waals surface area contributed by atoms with Crippen molar-refractivity contribution in [3.63, 3.8) is 0 Å². The van der Waals surface area contributed by atoms with Gasteiger partial charge in [0.15, 0.2) is 23.1 Å². The molecule has 0 atom stereocenters. The number of nitrogens with zero attached hydrogens (tertiary/aromatic N) is 2. The average Bonchev–Trinajstić information content (AvgIpc) is 3.12. The number of carbonyl (C=O) groups excluding carboxylic acids is 1. The second-order valence-electron chi connectivity index (χ2n) is 6.81. The van der Waals surface area contributed by atoms with Crippen molar-refractivity contribution in [3.05, 3.63) is 48.2 Å². The zero-order valence-electron chi connectivity index (χ0n) is 16.9. The number of H-pyrrole nitrogens is 1. The van der Waals surface area contributed by atoms with Gasteiger partial charge in [-0.3, -0.25) is 4.79 Å². The average molecular weight is 425 g/mol. The molecule has 31 heavy (non-hydrogen) atoms. The van der Waals surface area contributed by atoms with Gasteiger partial charge in [0.05, 0.1) is 30.5 Å². The molecule has 0 unspecified atom stereocenters. The summed E-state index contributed by atoms with van der Waals surface area (Å²) in [6.45, 7) is 3.85. The van der Waals surface area contributed by atoms with Crippen molar-refractivity contribution >= 4 is 27.8 Å². The molecule has 160 valence electrons. The molecule has 9 heteroatoms. The molecule has 0 spiro atoms. The summed E-state index contributed by atoms with van der Waals surface area (Å²) in [7, 11) is 0. The lowest BCUT2D eigenvalue weighted by Crippen LogP contribution is -2.09. The number of fused-ring (bicyclic) bond motifs is 2. The number of hydrogen-bond donors (Lipinski definition) is 2. The number of aryl methyl sites for hydroxylation is 1. The number of carbonyl (C=O) groups is 1. The Morgan fingerprint density at radius 1 is 1.16 bits per heavy atom. The van der Waals surface area contributed by atoms with E-state index < -0.39 is 11.8 Å². The van der Waals surface area contributed by atoms with Gasteiger partial charge in [-0.1, -0.05) is 0 Å². The maximum Gasteiger partial charge on any atom is 0.309 e. The number of nitrogens with one attached hydrogen (secondary N) is 1. The maximum atomic E-state index is 14.9. The van der Waals surface area contributed by atoms with Crippen molar-refractivity contribution in [1.82, 2.24) is 15.0 Å². The summed E-state index contributed by atoms with van der Waals surface area (Å²) in [6.07, 6.45) is 1.29. The van der Waals surface area contributed by atoms with Crippen LogP contribution in [-0.4, -0.2) is 39.2 Å². The van der Waals surface area contributed by atoms with E-state index in [0.717, 1.165) is 5.69 Å². The summed E-state index contributed by atoms with van der Waals surface area (Å²) in [6, 6.07) is 7.81. The highest BCUT2D eigenvalue weighted by molar-refractivity contribution is 5.87. The molecule has 0 amide bonds. The Labute approximate surface area is 176 Å². The molecule has 2 aromatic carbocycles. The first-order valence-corrected chi connectivity index (χ1v) is 9.68. The molecule has 0 fully saturated rings. The third-order valence-corrected chi connectivity index (χ3v) is 4.59. The lowest BCUT2D eigenvalue weighted by molar-refractivity contribution is -0.143. The quantitative estimate of drug-likeness (QED) is 0.423. The SMILES string of the molecule is CCOC(=O)CCOc1cc2c(Oc3ccc4[nH]c(C)cc4c3F)ncnc2cc1O. The molecule has 0 aliphatic carbocycles. The van der Waals surface area contributed by atoms with Crippen LogP contribution in [0.2, 0.25) is 0 Å². The van der Waals surface area contributed by atoms with E-state index in [-0.39, 0.29) is 42.8 Å². The van der Waals surface area contributed by atoms with E-state index >= 15 is 0 Å². The number of aromatic hydroxyl groups is 1. The molecule has 0 radical (unpaired) electrons. The van der Waals surface area contributed by atoms with Crippen molar-refractivity contribution in [3.8, 4) is 23.1 Å². The Hall–Kier alpha value is -3.88. The molecule has 8 nitrogen and oxygen atoms in total. The van der Waals surface area contributed by atoms with Crippen LogP contribution in [0.15, 0.2) is 36.7 Å². The van der Waals surface area contributed by atoms with Gasteiger partial charge in [0, 0.05) is 22.7 Å². The first-order valence-electron chi connectivity index (χ1n) is 9.68. The van der Waals surface area contributed by atoms with Gasteiger partial charge in [-0.15, -0.1) is 0 Å².